The Labute approximate surface area is 149 Å². The van der Waals surface area contributed by atoms with Crippen molar-refractivity contribution in [1.29, 1.82) is 0 Å². The highest BCUT2D eigenvalue weighted by atomic mass is 19.1. The standard InChI is InChI=1S/C22H25FN2/c1-5-24-21-14-17(9-8-15(21)2)19-7-6-12-25(4)22(19)18-10-11-20(23)16(3)13-18/h6-11,13-14,24H,5,12H2,1-4H3. The molecule has 1 N–H and O–H groups in total. The van der Waals surface area contributed by atoms with Crippen molar-refractivity contribution in [2.24, 2.45) is 0 Å². The van der Waals surface area contributed by atoms with E-state index in [1.807, 2.05) is 19.1 Å². The van der Waals surface area contributed by atoms with E-state index in [0.717, 1.165) is 30.0 Å². The van der Waals surface area contributed by atoms with Crippen LogP contribution >= 0.6 is 0 Å². The Morgan fingerprint density at radius 2 is 1.80 bits per heavy atom. The highest BCUT2D eigenvalue weighted by Crippen LogP contribution is 2.34. The third kappa shape index (κ3) is 3.46. The molecule has 3 heteroatoms. The molecular weight excluding hydrogens is 311 g/mol. The van der Waals surface area contributed by atoms with Crippen molar-refractivity contribution >= 4 is 17.0 Å². The predicted octanol–water partition coefficient (Wildman–Crippen LogP) is 5.24. The van der Waals surface area contributed by atoms with Crippen LogP contribution in [0, 0.1) is 19.7 Å². The lowest BCUT2D eigenvalue weighted by Crippen LogP contribution is -2.21. The minimum atomic E-state index is -0.162. The Hall–Kier alpha value is -2.55. The number of halogens is 1. The third-order valence-corrected chi connectivity index (χ3v) is 4.65. The number of allylic oxidation sites excluding steroid dienone is 2. The summed E-state index contributed by atoms with van der Waals surface area (Å²) in [6, 6.07) is 11.9. The van der Waals surface area contributed by atoms with Crippen molar-refractivity contribution in [3.63, 3.8) is 0 Å². The van der Waals surface area contributed by atoms with E-state index < -0.39 is 0 Å². The first-order valence-electron chi connectivity index (χ1n) is 8.74. The van der Waals surface area contributed by atoms with Crippen LogP contribution < -0.4 is 5.32 Å². The van der Waals surface area contributed by atoms with E-state index in [1.54, 1.807) is 6.07 Å². The van der Waals surface area contributed by atoms with Crippen LogP contribution in [0.1, 0.15) is 29.2 Å². The number of likely N-dealkylation sites (N-methyl/N-ethyl adjacent to an activating group) is 1. The average Bonchev–Trinajstić information content (AvgIpc) is 2.59. The molecule has 0 radical (unpaired) electrons. The lowest BCUT2D eigenvalue weighted by molar-refractivity contribution is 0.533. The average molecular weight is 336 g/mol. The van der Waals surface area contributed by atoms with Crippen LogP contribution in [-0.2, 0) is 0 Å². The molecule has 0 aliphatic carbocycles. The van der Waals surface area contributed by atoms with Gasteiger partial charge < -0.3 is 10.2 Å². The Bertz CT molecular complexity index is 849. The maximum absolute atomic E-state index is 13.7. The molecule has 130 valence electrons. The van der Waals surface area contributed by atoms with Crippen molar-refractivity contribution in [3.05, 3.63) is 76.6 Å². The van der Waals surface area contributed by atoms with E-state index in [4.69, 9.17) is 0 Å². The number of anilines is 1. The van der Waals surface area contributed by atoms with Gasteiger partial charge in [-0.25, -0.2) is 4.39 Å². The number of hydrogen-bond donors (Lipinski definition) is 1. The van der Waals surface area contributed by atoms with Crippen molar-refractivity contribution < 1.29 is 4.39 Å². The van der Waals surface area contributed by atoms with Crippen LogP contribution in [0.15, 0.2) is 48.6 Å². The topological polar surface area (TPSA) is 15.3 Å². The van der Waals surface area contributed by atoms with Crippen molar-refractivity contribution in [1.82, 2.24) is 4.90 Å². The van der Waals surface area contributed by atoms with Gasteiger partial charge in [-0.1, -0.05) is 24.3 Å². The zero-order valence-electron chi connectivity index (χ0n) is 15.4. The summed E-state index contributed by atoms with van der Waals surface area (Å²) in [5.41, 5.74) is 7.58. The van der Waals surface area contributed by atoms with Crippen LogP contribution in [0.3, 0.4) is 0 Å². The highest BCUT2D eigenvalue weighted by molar-refractivity contribution is 5.96. The van der Waals surface area contributed by atoms with Gasteiger partial charge in [-0.15, -0.1) is 0 Å². The fraction of sp³-hybridized carbons (Fsp3) is 0.273. The molecule has 1 aliphatic heterocycles. The highest BCUT2D eigenvalue weighted by Gasteiger charge is 2.18. The molecule has 0 atom stereocenters. The Balaban J connectivity index is 2.17. The van der Waals surface area contributed by atoms with Crippen LogP contribution in [-0.4, -0.2) is 25.0 Å². The maximum Gasteiger partial charge on any atom is 0.126 e. The van der Waals surface area contributed by atoms with Crippen molar-refractivity contribution in [2.75, 3.05) is 25.5 Å². The van der Waals surface area contributed by atoms with Crippen LogP contribution in [0.2, 0.25) is 0 Å². The second-order valence-corrected chi connectivity index (χ2v) is 6.57. The number of aryl methyl sites for hydroxylation is 2. The number of hydrogen-bond acceptors (Lipinski definition) is 2. The molecule has 25 heavy (non-hydrogen) atoms. The maximum atomic E-state index is 13.7. The Morgan fingerprint density at radius 1 is 1.04 bits per heavy atom. The molecule has 0 saturated carbocycles. The lowest BCUT2D eigenvalue weighted by Gasteiger charge is -2.28. The third-order valence-electron chi connectivity index (χ3n) is 4.65. The number of benzene rings is 2. The van der Waals surface area contributed by atoms with Gasteiger partial charge in [0.2, 0.25) is 0 Å². The molecule has 0 bridgehead atoms. The fourth-order valence-corrected chi connectivity index (χ4v) is 3.28. The summed E-state index contributed by atoms with van der Waals surface area (Å²) in [7, 11) is 2.08. The molecule has 0 saturated heterocycles. The molecule has 2 aromatic carbocycles. The van der Waals surface area contributed by atoms with Crippen LogP contribution in [0.25, 0.3) is 11.3 Å². The summed E-state index contributed by atoms with van der Waals surface area (Å²) in [5.74, 6) is -0.162. The predicted molar refractivity (Wildman–Crippen MR) is 105 cm³/mol. The van der Waals surface area contributed by atoms with E-state index in [9.17, 15) is 4.39 Å². The lowest BCUT2D eigenvalue weighted by atomic mass is 9.94. The summed E-state index contributed by atoms with van der Waals surface area (Å²) >= 11 is 0. The number of nitrogens with zero attached hydrogens (tertiary/aromatic N) is 1. The van der Waals surface area contributed by atoms with E-state index >= 15 is 0 Å². The first-order chi connectivity index (χ1) is 12.0. The smallest absolute Gasteiger partial charge is 0.126 e. The van der Waals surface area contributed by atoms with Crippen molar-refractivity contribution in [2.45, 2.75) is 20.8 Å². The minimum Gasteiger partial charge on any atom is -0.385 e. The van der Waals surface area contributed by atoms with Gasteiger partial charge in [0.25, 0.3) is 0 Å². The van der Waals surface area contributed by atoms with Crippen LogP contribution in [0.5, 0.6) is 0 Å². The van der Waals surface area contributed by atoms with Crippen molar-refractivity contribution in [3.8, 4) is 0 Å². The SMILES string of the molecule is CCNc1cc(C2=C(c3ccc(F)c(C)c3)N(C)CC=C2)ccc1C. The quantitative estimate of drug-likeness (QED) is 0.821. The van der Waals surface area contributed by atoms with E-state index in [-0.39, 0.29) is 5.82 Å². The van der Waals surface area contributed by atoms with E-state index in [1.165, 1.54) is 16.7 Å². The van der Waals surface area contributed by atoms with Gasteiger partial charge in [0, 0.05) is 31.4 Å². The first kappa shape index (κ1) is 17.3. The molecule has 0 amide bonds. The van der Waals surface area contributed by atoms with Gasteiger partial charge in [0.15, 0.2) is 0 Å². The molecule has 2 nitrogen and oxygen atoms in total. The Kier molecular flexibility index (Phi) is 4.93. The van der Waals surface area contributed by atoms with Gasteiger partial charge in [0.05, 0.1) is 5.70 Å². The summed E-state index contributed by atoms with van der Waals surface area (Å²) in [6.07, 6.45) is 4.34. The summed E-state index contributed by atoms with van der Waals surface area (Å²) in [6.45, 7) is 7.77. The zero-order valence-corrected chi connectivity index (χ0v) is 15.4. The van der Waals surface area contributed by atoms with E-state index in [2.05, 4.69) is 61.5 Å². The molecule has 1 aliphatic rings. The van der Waals surface area contributed by atoms with Gasteiger partial charge >= 0.3 is 0 Å². The normalized spacial score (nSPS) is 14.2. The minimum absolute atomic E-state index is 0.162. The Morgan fingerprint density at radius 3 is 2.52 bits per heavy atom. The first-order valence-corrected chi connectivity index (χ1v) is 8.74. The molecule has 1 heterocycles. The second kappa shape index (κ2) is 7.14. The molecule has 2 aromatic rings. The van der Waals surface area contributed by atoms with Crippen LogP contribution in [0.4, 0.5) is 10.1 Å². The van der Waals surface area contributed by atoms with Gasteiger partial charge in [0.1, 0.15) is 5.82 Å². The largest absolute Gasteiger partial charge is 0.385 e. The summed E-state index contributed by atoms with van der Waals surface area (Å²) in [5, 5.41) is 3.43. The monoisotopic (exact) mass is 336 g/mol. The molecular formula is C22H25FN2. The van der Waals surface area contributed by atoms with E-state index in [0.29, 0.717) is 5.56 Å². The number of rotatable bonds is 4. The molecule has 0 spiro atoms. The summed E-state index contributed by atoms with van der Waals surface area (Å²) in [4.78, 5) is 2.22. The summed E-state index contributed by atoms with van der Waals surface area (Å²) < 4.78 is 13.7. The number of nitrogens with one attached hydrogen (secondary N) is 1. The zero-order chi connectivity index (χ0) is 18.0. The molecule has 0 fully saturated rings. The second-order valence-electron chi connectivity index (χ2n) is 6.57. The fourth-order valence-electron chi connectivity index (χ4n) is 3.28. The molecule has 0 aromatic heterocycles. The van der Waals surface area contributed by atoms with Gasteiger partial charge in [-0.05, 0) is 67.3 Å². The van der Waals surface area contributed by atoms with Gasteiger partial charge in [-0.3, -0.25) is 0 Å². The molecule has 0 unspecified atom stereocenters. The van der Waals surface area contributed by atoms with Gasteiger partial charge in [-0.2, -0.15) is 0 Å². The molecule has 3 rings (SSSR count).